The summed E-state index contributed by atoms with van der Waals surface area (Å²) in [7, 11) is 0. The molecule has 6 nitrogen and oxygen atoms in total. The number of hydrogen-bond donors (Lipinski definition) is 2. The zero-order valence-electron chi connectivity index (χ0n) is 16.5. The Morgan fingerprint density at radius 3 is 2.86 bits per heavy atom. The van der Waals surface area contributed by atoms with Crippen LogP contribution in [0.25, 0.3) is 0 Å². The van der Waals surface area contributed by atoms with Crippen molar-refractivity contribution >= 4 is 18.1 Å². The van der Waals surface area contributed by atoms with E-state index in [1.165, 1.54) is 0 Å². The number of nitrogens with zero attached hydrogens (tertiary/aromatic N) is 1. The van der Waals surface area contributed by atoms with Crippen LogP contribution in [-0.4, -0.2) is 35.4 Å². The Kier molecular flexibility index (Phi) is 7.20. The van der Waals surface area contributed by atoms with Crippen molar-refractivity contribution in [1.29, 1.82) is 0 Å². The van der Waals surface area contributed by atoms with Crippen molar-refractivity contribution in [2.45, 2.75) is 70.5 Å². The van der Waals surface area contributed by atoms with E-state index in [0.717, 1.165) is 49.7 Å². The highest BCUT2D eigenvalue weighted by Crippen LogP contribution is 2.44. The Morgan fingerprint density at radius 1 is 1.29 bits per heavy atom. The average molecular weight is 386 g/mol. The van der Waals surface area contributed by atoms with Crippen LogP contribution in [-0.2, 0) is 27.2 Å². The fraction of sp³-hybridized carbons (Fsp3) is 0.591. The Hall–Kier alpha value is -2.21. The van der Waals surface area contributed by atoms with Crippen LogP contribution in [0.15, 0.2) is 29.4 Å². The predicted octanol–water partition coefficient (Wildman–Crippen LogP) is 3.33. The molecule has 0 radical (unpaired) electrons. The Balaban J connectivity index is 1.56. The van der Waals surface area contributed by atoms with Gasteiger partial charge in [0.05, 0.1) is 18.6 Å². The Bertz CT molecular complexity index is 718. The predicted molar refractivity (Wildman–Crippen MR) is 107 cm³/mol. The van der Waals surface area contributed by atoms with E-state index in [1.54, 1.807) is 0 Å². The maximum absolute atomic E-state index is 11.7. The van der Waals surface area contributed by atoms with Gasteiger partial charge in [0.15, 0.2) is 0 Å². The number of hydrogen-bond acceptors (Lipinski definition) is 4. The summed E-state index contributed by atoms with van der Waals surface area (Å²) in [4.78, 5) is 22.7. The highest BCUT2D eigenvalue weighted by molar-refractivity contribution is 5.77. The van der Waals surface area contributed by atoms with E-state index in [1.807, 2.05) is 24.4 Å². The molecular weight excluding hydrogens is 356 g/mol. The summed E-state index contributed by atoms with van der Waals surface area (Å²) < 4.78 is 6.10. The van der Waals surface area contributed by atoms with Crippen LogP contribution < -0.4 is 5.43 Å². The second kappa shape index (κ2) is 9.82. The lowest BCUT2D eigenvalue weighted by molar-refractivity contribution is -0.136. The fourth-order valence-corrected chi connectivity index (χ4v) is 4.39. The average Bonchev–Trinajstić information content (AvgIpc) is 3.26. The zero-order valence-corrected chi connectivity index (χ0v) is 16.5. The molecule has 0 aliphatic carbocycles. The number of aliphatic carboxylic acids is 1. The molecule has 4 atom stereocenters. The molecule has 0 spiro atoms. The number of fused-ring (bicyclic) bond motifs is 2. The molecule has 6 heteroatoms. The number of carbonyl (C=O) groups is 2. The number of hydrazone groups is 1. The van der Waals surface area contributed by atoms with Crippen molar-refractivity contribution in [3.8, 4) is 0 Å². The lowest BCUT2D eigenvalue weighted by Crippen LogP contribution is -2.30. The maximum Gasteiger partial charge on any atom is 0.307 e. The summed E-state index contributed by atoms with van der Waals surface area (Å²) in [6, 6.07) is 7.82. The molecule has 152 valence electrons. The van der Waals surface area contributed by atoms with Gasteiger partial charge in [-0.1, -0.05) is 37.6 Å². The number of benzene rings is 1. The quantitative estimate of drug-likeness (QED) is 0.477. The number of carboxylic acid groups (broad SMARTS) is 1. The molecule has 1 aromatic carbocycles. The summed E-state index contributed by atoms with van der Waals surface area (Å²) >= 11 is 0. The molecule has 2 heterocycles. The molecule has 2 N–H and O–H groups in total. The van der Waals surface area contributed by atoms with Crippen molar-refractivity contribution in [1.82, 2.24) is 5.43 Å². The highest BCUT2D eigenvalue weighted by atomic mass is 16.5. The molecule has 1 amide bonds. The first-order chi connectivity index (χ1) is 13.6. The monoisotopic (exact) mass is 386 g/mol. The van der Waals surface area contributed by atoms with Gasteiger partial charge in [-0.05, 0) is 49.1 Å². The first-order valence-electron chi connectivity index (χ1n) is 10.3. The molecule has 2 aliphatic rings. The molecule has 0 unspecified atom stereocenters. The van der Waals surface area contributed by atoms with Crippen molar-refractivity contribution < 1.29 is 19.4 Å². The van der Waals surface area contributed by atoms with Crippen molar-refractivity contribution in [3.63, 3.8) is 0 Å². The van der Waals surface area contributed by atoms with E-state index < -0.39 is 5.97 Å². The van der Waals surface area contributed by atoms with Crippen LogP contribution in [0, 0.1) is 11.8 Å². The molecule has 2 aliphatic heterocycles. The number of aryl methyl sites for hydroxylation is 1. The summed E-state index contributed by atoms with van der Waals surface area (Å²) in [5.41, 5.74) is 4.64. The number of carboxylic acids is 1. The van der Waals surface area contributed by atoms with Gasteiger partial charge in [0, 0.05) is 18.6 Å². The van der Waals surface area contributed by atoms with Gasteiger partial charge in [0.1, 0.15) is 0 Å². The van der Waals surface area contributed by atoms with Gasteiger partial charge in [0.25, 0.3) is 0 Å². The van der Waals surface area contributed by atoms with E-state index in [0.29, 0.717) is 12.3 Å². The van der Waals surface area contributed by atoms with Gasteiger partial charge in [-0.25, -0.2) is 5.43 Å². The van der Waals surface area contributed by atoms with Crippen LogP contribution in [0.1, 0.15) is 56.6 Å². The standard InChI is InChI=1S/C22H30N2O4/c1-2-3-7-21(25)24-23-14-18-17(19-10-11-20(18)28-19)9-8-15-5-4-6-16(12-15)13-22(26)27/h4-6,12,14,17-20H,2-3,7-11,13H2,1H3,(H,24,25)(H,26,27)/t17-,18+,19-,20+/m1/s1. The molecule has 28 heavy (non-hydrogen) atoms. The van der Waals surface area contributed by atoms with Crippen molar-refractivity contribution in [3.05, 3.63) is 35.4 Å². The molecule has 1 aromatic rings. The maximum atomic E-state index is 11.7. The largest absolute Gasteiger partial charge is 0.481 e. The summed E-state index contributed by atoms with van der Waals surface area (Å²) in [6.07, 6.45) is 8.76. The van der Waals surface area contributed by atoms with Gasteiger partial charge in [0.2, 0.25) is 5.91 Å². The minimum atomic E-state index is -0.809. The molecule has 3 rings (SSSR count). The van der Waals surface area contributed by atoms with Crippen LogP contribution >= 0.6 is 0 Å². The van der Waals surface area contributed by atoms with Crippen molar-refractivity contribution in [2.24, 2.45) is 16.9 Å². The molecule has 0 aromatic heterocycles. The summed E-state index contributed by atoms with van der Waals surface area (Å²) in [5.74, 6) is -0.226. The number of unbranched alkanes of at least 4 members (excludes halogenated alkanes) is 1. The second-order valence-electron chi connectivity index (χ2n) is 7.88. The normalized spacial score (nSPS) is 26.0. The SMILES string of the molecule is CCCCC(=O)NN=C[C@H]1[C@@H](CCc2cccc(CC(=O)O)c2)[C@H]2CC[C@@H]1O2. The Labute approximate surface area is 166 Å². The van der Waals surface area contributed by atoms with Gasteiger partial charge in [-0.2, -0.15) is 5.10 Å². The van der Waals surface area contributed by atoms with Crippen LogP contribution in [0.4, 0.5) is 0 Å². The fourth-order valence-electron chi connectivity index (χ4n) is 4.39. The third kappa shape index (κ3) is 5.41. The van der Waals surface area contributed by atoms with Crippen LogP contribution in [0.2, 0.25) is 0 Å². The van der Waals surface area contributed by atoms with Gasteiger partial charge < -0.3 is 9.84 Å². The molecular formula is C22H30N2O4. The van der Waals surface area contributed by atoms with E-state index in [-0.39, 0.29) is 30.5 Å². The van der Waals surface area contributed by atoms with Crippen LogP contribution in [0.3, 0.4) is 0 Å². The summed E-state index contributed by atoms with van der Waals surface area (Å²) in [6.45, 7) is 2.06. The van der Waals surface area contributed by atoms with E-state index in [9.17, 15) is 9.59 Å². The third-order valence-corrected chi connectivity index (χ3v) is 5.79. The minimum absolute atomic E-state index is 0.0334. The third-order valence-electron chi connectivity index (χ3n) is 5.79. The van der Waals surface area contributed by atoms with Crippen LogP contribution in [0.5, 0.6) is 0 Å². The lowest BCUT2D eigenvalue weighted by atomic mass is 9.77. The number of rotatable bonds is 10. The zero-order chi connectivity index (χ0) is 19.9. The first kappa shape index (κ1) is 20.5. The first-order valence-corrected chi connectivity index (χ1v) is 10.3. The smallest absolute Gasteiger partial charge is 0.307 e. The number of nitrogens with one attached hydrogen (secondary N) is 1. The van der Waals surface area contributed by atoms with E-state index in [2.05, 4.69) is 23.5 Å². The Morgan fingerprint density at radius 2 is 2.07 bits per heavy atom. The second-order valence-corrected chi connectivity index (χ2v) is 7.88. The molecule has 2 fully saturated rings. The van der Waals surface area contributed by atoms with E-state index in [4.69, 9.17) is 9.84 Å². The lowest BCUT2D eigenvalue weighted by Gasteiger charge is -2.25. The van der Waals surface area contributed by atoms with Gasteiger partial charge in [-0.3, -0.25) is 9.59 Å². The highest BCUT2D eigenvalue weighted by Gasteiger charge is 2.47. The number of carbonyl (C=O) groups excluding carboxylic acids is 1. The molecule has 2 bridgehead atoms. The number of ether oxygens (including phenoxy) is 1. The minimum Gasteiger partial charge on any atom is -0.481 e. The van der Waals surface area contributed by atoms with E-state index >= 15 is 0 Å². The summed E-state index contributed by atoms with van der Waals surface area (Å²) in [5, 5.41) is 13.2. The van der Waals surface area contributed by atoms with Gasteiger partial charge in [-0.15, -0.1) is 0 Å². The number of amides is 1. The molecule has 2 saturated heterocycles. The topological polar surface area (TPSA) is 88.0 Å². The van der Waals surface area contributed by atoms with Crippen molar-refractivity contribution in [2.75, 3.05) is 0 Å². The van der Waals surface area contributed by atoms with Gasteiger partial charge >= 0.3 is 5.97 Å². The molecule has 0 saturated carbocycles.